The van der Waals surface area contributed by atoms with Crippen molar-refractivity contribution in [3.63, 3.8) is 0 Å². The van der Waals surface area contributed by atoms with Gasteiger partial charge >= 0.3 is 5.97 Å². The number of hydrogen-bond donors (Lipinski definition) is 2. The summed E-state index contributed by atoms with van der Waals surface area (Å²) >= 11 is 5.09. The summed E-state index contributed by atoms with van der Waals surface area (Å²) in [6, 6.07) is 7.12. The fourth-order valence-electron chi connectivity index (χ4n) is 1.93. The van der Waals surface area contributed by atoms with E-state index in [2.05, 4.69) is 10.6 Å². The molecule has 0 bridgehead atoms. The highest BCUT2D eigenvalue weighted by Crippen LogP contribution is 2.26. The van der Waals surface area contributed by atoms with Crippen molar-refractivity contribution in [2.75, 3.05) is 13.7 Å². The average molecular weight is 292 g/mol. The van der Waals surface area contributed by atoms with Gasteiger partial charge in [0.25, 0.3) is 0 Å². The average Bonchev–Trinajstić information content (AvgIpc) is 2.47. The molecule has 1 atom stereocenters. The Hall–Kier alpha value is -2.08. The molecule has 1 unspecified atom stereocenters. The van der Waals surface area contributed by atoms with E-state index in [4.69, 9.17) is 21.7 Å². The van der Waals surface area contributed by atoms with E-state index in [9.17, 15) is 4.79 Å². The molecule has 0 fully saturated rings. The van der Waals surface area contributed by atoms with Crippen LogP contribution in [0.3, 0.4) is 0 Å². The summed E-state index contributed by atoms with van der Waals surface area (Å²) in [4.78, 5) is 12.0. The Morgan fingerprint density at radius 3 is 2.65 bits per heavy atom. The number of nitrogens with one attached hydrogen (secondary N) is 2. The van der Waals surface area contributed by atoms with Crippen LogP contribution in [-0.4, -0.2) is 24.8 Å². The van der Waals surface area contributed by atoms with E-state index in [1.54, 1.807) is 20.2 Å². The van der Waals surface area contributed by atoms with E-state index in [1.807, 2.05) is 24.3 Å². The van der Waals surface area contributed by atoms with E-state index in [0.717, 1.165) is 11.3 Å². The molecule has 106 valence electrons. The summed E-state index contributed by atoms with van der Waals surface area (Å²) in [6.45, 7) is 2.10. The number of benzene rings is 1. The quantitative estimate of drug-likeness (QED) is 0.650. The fraction of sp³-hybridized carbons (Fsp3) is 0.286. The smallest absolute Gasteiger partial charge is 0.337 e. The minimum Gasteiger partial charge on any atom is -0.497 e. The van der Waals surface area contributed by atoms with Crippen molar-refractivity contribution in [2.24, 2.45) is 0 Å². The third-order valence-electron chi connectivity index (χ3n) is 2.91. The predicted molar refractivity (Wildman–Crippen MR) is 79.3 cm³/mol. The lowest BCUT2D eigenvalue weighted by molar-refractivity contribution is -0.138. The van der Waals surface area contributed by atoms with E-state index in [1.165, 1.54) is 0 Å². The highest BCUT2D eigenvalue weighted by molar-refractivity contribution is 7.80. The van der Waals surface area contributed by atoms with Gasteiger partial charge in [0.1, 0.15) is 5.75 Å². The Balaban J connectivity index is 2.29. The van der Waals surface area contributed by atoms with Gasteiger partial charge in [-0.05, 0) is 36.8 Å². The van der Waals surface area contributed by atoms with Gasteiger partial charge in [-0.15, -0.1) is 0 Å². The molecule has 0 aliphatic carbocycles. The number of esters is 1. The summed E-state index contributed by atoms with van der Waals surface area (Å²) in [5, 5.41) is 6.37. The van der Waals surface area contributed by atoms with E-state index >= 15 is 0 Å². The maximum atomic E-state index is 12.0. The molecule has 0 spiro atoms. The standard InChI is InChI=1S/C14H16N2O3S/c1-3-19-13(17)11-8-15-14(20)16-12(11)9-4-6-10(18-2)7-5-9/h4-8,12H,3H2,1-2H3,(H2,15,16,20). The number of carbonyl (C=O) groups is 1. The third kappa shape index (κ3) is 3.08. The van der Waals surface area contributed by atoms with Crippen molar-refractivity contribution in [1.29, 1.82) is 0 Å². The second-order valence-corrected chi connectivity index (χ2v) is 4.55. The monoisotopic (exact) mass is 292 g/mol. The maximum absolute atomic E-state index is 12.0. The van der Waals surface area contributed by atoms with Crippen molar-refractivity contribution in [2.45, 2.75) is 13.0 Å². The summed E-state index contributed by atoms with van der Waals surface area (Å²) in [5.41, 5.74) is 1.40. The first-order valence-corrected chi connectivity index (χ1v) is 6.64. The van der Waals surface area contributed by atoms with Gasteiger partial charge in [-0.25, -0.2) is 4.79 Å². The number of thiocarbonyl (C=S) groups is 1. The van der Waals surface area contributed by atoms with Gasteiger partial charge in [-0.1, -0.05) is 12.1 Å². The minimum atomic E-state index is -0.365. The molecule has 5 nitrogen and oxygen atoms in total. The number of carbonyl (C=O) groups excluding carboxylic acids is 1. The van der Waals surface area contributed by atoms with Gasteiger partial charge in [0.15, 0.2) is 5.11 Å². The number of rotatable bonds is 4. The molecule has 1 aromatic carbocycles. The normalized spacial score (nSPS) is 17.6. The van der Waals surface area contributed by atoms with Crippen LogP contribution in [0.1, 0.15) is 18.5 Å². The van der Waals surface area contributed by atoms with Crippen LogP contribution < -0.4 is 15.4 Å². The topological polar surface area (TPSA) is 59.6 Å². The van der Waals surface area contributed by atoms with Crippen molar-refractivity contribution in [3.8, 4) is 5.75 Å². The van der Waals surface area contributed by atoms with E-state index < -0.39 is 0 Å². The first kappa shape index (κ1) is 14.3. The predicted octanol–water partition coefficient (Wildman–Crippen LogP) is 1.66. The Labute approximate surface area is 123 Å². The summed E-state index contributed by atoms with van der Waals surface area (Å²) in [6.07, 6.45) is 1.59. The summed E-state index contributed by atoms with van der Waals surface area (Å²) in [7, 11) is 1.61. The van der Waals surface area contributed by atoms with Crippen LogP contribution in [0, 0.1) is 0 Å². The second kappa shape index (κ2) is 6.38. The molecule has 0 aromatic heterocycles. The molecule has 1 heterocycles. The first-order valence-electron chi connectivity index (χ1n) is 6.24. The molecule has 6 heteroatoms. The van der Waals surface area contributed by atoms with Crippen LogP contribution in [-0.2, 0) is 9.53 Å². The highest BCUT2D eigenvalue weighted by Gasteiger charge is 2.27. The maximum Gasteiger partial charge on any atom is 0.337 e. The third-order valence-corrected chi connectivity index (χ3v) is 3.14. The Bertz CT molecular complexity index is 540. The van der Waals surface area contributed by atoms with Crippen molar-refractivity contribution >= 4 is 23.3 Å². The van der Waals surface area contributed by atoms with Crippen LogP contribution in [0.4, 0.5) is 0 Å². The fourth-order valence-corrected chi connectivity index (χ4v) is 2.10. The van der Waals surface area contributed by atoms with Crippen LogP contribution >= 0.6 is 12.2 Å². The zero-order chi connectivity index (χ0) is 14.5. The number of methoxy groups -OCH3 is 1. The summed E-state index contributed by atoms with van der Waals surface area (Å²) < 4.78 is 10.2. The lowest BCUT2D eigenvalue weighted by atomic mass is 9.98. The van der Waals surface area contributed by atoms with Crippen LogP contribution in [0.2, 0.25) is 0 Å². The lowest BCUT2D eigenvalue weighted by Gasteiger charge is -2.26. The molecule has 2 rings (SSSR count). The summed E-state index contributed by atoms with van der Waals surface area (Å²) in [5.74, 6) is 0.391. The largest absolute Gasteiger partial charge is 0.497 e. The zero-order valence-corrected chi connectivity index (χ0v) is 12.1. The molecule has 0 saturated carbocycles. The van der Waals surface area contributed by atoms with Gasteiger partial charge in [0.05, 0.1) is 25.3 Å². The molecular weight excluding hydrogens is 276 g/mol. The van der Waals surface area contributed by atoms with E-state index in [0.29, 0.717) is 17.3 Å². The minimum absolute atomic E-state index is 0.325. The molecular formula is C14H16N2O3S. The van der Waals surface area contributed by atoms with Crippen LogP contribution in [0.5, 0.6) is 5.75 Å². The Morgan fingerprint density at radius 1 is 1.35 bits per heavy atom. The van der Waals surface area contributed by atoms with Crippen molar-refractivity contribution in [1.82, 2.24) is 10.6 Å². The molecule has 20 heavy (non-hydrogen) atoms. The molecule has 0 saturated heterocycles. The van der Waals surface area contributed by atoms with Gasteiger partial charge in [0.2, 0.25) is 0 Å². The highest BCUT2D eigenvalue weighted by atomic mass is 32.1. The zero-order valence-electron chi connectivity index (χ0n) is 11.3. The van der Waals surface area contributed by atoms with Crippen molar-refractivity contribution < 1.29 is 14.3 Å². The van der Waals surface area contributed by atoms with Gasteiger partial charge in [-0.3, -0.25) is 0 Å². The first-order chi connectivity index (χ1) is 9.65. The molecule has 0 amide bonds. The SMILES string of the molecule is CCOC(=O)C1=CNC(=S)NC1c1ccc(OC)cc1. The Morgan fingerprint density at radius 2 is 2.05 bits per heavy atom. The van der Waals surface area contributed by atoms with E-state index in [-0.39, 0.29) is 12.0 Å². The van der Waals surface area contributed by atoms with Crippen LogP contribution in [0.25, 0.3) is 0 Å². The number of hydrogen-bond acceptors (Lipinski definition) is 4. The lowest BCUT2D eigenvalue weighted by Crippen LogP contribution is -2.42. The molecule has 1 aliphatic heterocycles. The van der Waals surface area contributed by atoms with Gasteiger partial charge in [-0.2, -0.15) is 0 Å². The Kier molecular flexibility index (Phi) is 4.57. The molecule has 1 aromatic rings. The second-order valence-electron chi connectivity index (χ2n) is 4.14. The van der Waals surface area contributed by atoms with Crippen molar-refractivity contribution in [3.05, 3.63) is 41.6 Å². The van der Waals surface area contributed by atoms with Crippen LogP contribution in [0.15, 0.2) is 36.0 Å². The molecule has 1 aliphatic rings. The molecule has 2 N–H and O–H groups in total. The van der Waals surface area contributed by atoms with Gasteiger partial charge < -0.3 is 20.1 Å². The van der Waals surface area contributed by atoms with Gasteiger partial charge in [0, 0.05) is 6.20 Å². The number of ether oxygens (including phenoxy) is 2. The molecule has 0 radical (unpaired) electrons.